The number of ether oxygens (including phenoxy) is 1. The number of carboxylic acid groups (broad SMARTS) is 1. The van der Waals surface area contributed by atoms with Crippen LogP contribution in [0.3, 0.4) is 0 Å². The smallest absolute Gasteiger partial charge is 0.426 e. The van der Waals surface area contributed by atoms with Crippen molar-refractivity contribution >= 4 is 35.1 Å². The third kappa shape index (κ3) is 10.2. The van der Waals surface area contributed by atoms with E-state index in [2.05, 4.69) is 0 Å². The third-order valence-corrected chi connectivity index (χ3v) is 9.88. The first-order chi connectivity index (χ1) is 24.8. The van der Waals surface area contributed by atoms with Gasteiger partial charge in [0.2, 0.25) is 0 Å². The van der Waals surface area contributed by atoms with E-state index in [0.717, 1.165) is 19.9 Å². The van der Waals surface area contributed by atoms with Gasteiger partial charge in [0.05, 0.1) is 29.6 Å². The number of aliphatic hydroxyl groups excluding tert-OH is 1. The van der Waals surface area contributed by atoms with Gasteiger partial charge in [-0.15, -0.1) is 0 Å². The van der Waals surface area contributed by atoms with Crippen LogP contribution >= 0.6 is 23.2 Å². The number of benzene rings is 2. The monoisotopic (exact) mass is 854 g/mol. The highest BCUT2D eigenvalue weighted by molar-refractivity contribution is 6.30. The van der Waals surface area contributed by atoms with Gasteiger partial charge in [0, 0.05) is 11.1 Å². The topological polar surface area (TPSA) is 83.8 Å². The number of hydrogen-bond donors (Lipinski definition) is 2. The van der Waals surface area contributed by atoms with E-state index in [9.17, 15) is 71.1 Å². The second-order valence-corrected chi connectivity index (χ2v) is 14.3. The molecule has 0 radical (unpaired) electrons. The van der Waals surface area contributed by atoms with Crippen molar-refractivity contribution in [2.75, 3.05) is 0 Å². The molecule has 2 N–H and O–H groups in total. The van der Waals surface area contributed by atoms with E-state index in [4.69, 9.17) is 38.2 Å². The minimum atomic E-state index is -4.78. The lowest BCUT2D eigenvalue weighted by molar-refractivity contribution is -0.147. The maximum atomic E-state index is 13.8. The molecular formula is C34H30Cl2F14O5. The fraction of sp³-hybridized carbons (Fsp3) is 0.471. The molecule has 308 valence electrons. The minimum Gasteiger partial charge on any atom is -0.481 e. The Hall–Kier alpha value is -3.58. The van der Waals surface area contributed by atoms with Crippen molar-refractivity contribution in [3.63, 3.8) is 0 Å². The summed E-state index contributed by atoms with van der Waals surface area (Å²) in [4.78, 5) is 22.8. The van der Waals surface area contributed by atoms with Crippen LogP contribution in [0.4, 0.5) is 61.5 Å². The number of halogens is 16. The number of rotatable bonds is 7. The number of hydrogen-bond acceptors (Lipinski definition) is 4. The first-order valence-corrected chi connectivity index (χ1v) is 16.1. The molecule has 21 heteroatoms. The van der Waals surface area contributed by atoms with Gasteiger partial charge >= 0.3 is 24.3 Å². The zero-order valence-electron chi connectivity index (χ0n) is 29.0. The van der Waals surface area contributed by atoms with Gasteiger partial charge in [0.25, 0.3) is 0 Å². The summed E-state index contributed by atoms with van der Waals surface area (Å²) in [6.45, 7) is 5.73. The number of esters is 1. The summed E-state index contributed by atoms with van der Waals surface area (Å²) >= 11 is 10.2. The second-order valence-electron chi connectivity index (χ2n) is 13.5. The van der Waals surface area contributed by atoms with Crippen LogP contribution < -0.4 is 0 Å². The molecule has 0 saturated heterocycles. The molecule has 2 aromatic rings. The van der Waals surface area contributed by atoms with Gasteiger partial charge in [-0.25, -0.2) is 35.1 Å². The third-order valence-electron chi connectivity index (χ3n) is 9.20. The SMILES string of the molecule is CC1(C)C(/C=C(\Cl)C(F)(F)F)C1C(=O)O.Cc1c(F)c(F)c(CO)c(F)c1F.Cc1c(F)c(F)c(COC(=O)C2C(/C=C(\Cl)C(F)(F)F)C2(C)C)c(F)c1F. The standard InChI is InChI=1S/C17H14ClF7O2.C9H10ClF3O2.C8H6F4O/c1-6-11(19)13(21)7(14(22)12(6)20)5-27-15(26)10-8(16(10,2)3)4-9(18)17(23,24)25;1-8(2)4(6(8)7(14)15)3-5(10)9(11,12)13;1-3-5(9)7(11)4(2-13)8(12)6(3)10/h4,8,10H,5H2,1-3H3;3-4,6H,1-2H3,(H,14,15);13H,2H2,1H3/b9-4-;5-3-;. The molecule has 2 aromatic carbocycles. The van der Waals surface area contributed by atoms with Crippen LogP contribution in [0.15, 0.2) is 22.2 Å². The molecule has 4 atom stereocenters. The minimum absolute atomic E-state index is 0.649. The second kappa shape index (κ2) is 16.9. The van der Waals surface area contributed by atoms with Crippen molar-refractivity contribution in [3.8, 4) is 0 Å². The van der Waals surface area contributed by atoms with Crippen molar-refractivity contribution in [3.05, 3.63) is 91.0 Å². The normalized spacial score (nSPS) is 21.5. The van der Waals surface area contributed by atoms with Crippen LogP contribution in [-0.2, 0) is 27.5 Å². The Morgan fingerprint density at radius 2 is 0.945 bits per heavy atom. The Morgan fingerprint density at radius 1 is 0.636 bits per heavy atom. The molecule has 55 heavy (non-hydrogen) atoms. The van der Waals surface area contributed by atoms with Crippen molar-refractivity contribution in [1.29, 1.82) is 0 Å². The quantitative estimate of drug-likeness (QED) is 0.165. The summed E-state index contributed by atoms with van der Waals surface area (Å²) < 4.78 is 184. The van der Waals surface area contributed by atoms with E-state index in [0.29, 0.717) is 6.08 Å². The van der Waals surface area contributed by atoms with E-state index in [1.165, 1.54) is 13.8 Å². The van der Waals surface area contributed by atoms with Crippen LogP contribution in [0.2, 0.25) is 0 Å². The molecule has 2 aliphatic rings. The zero-order chi connectivity index (χ0) is 43.1. The summed E-state index contributed by atoms with van der Waals surface area (Å²) in [5.41, 5.74) is -5.30. The van der Waals surface area contributed by atoms with E-state index < -0.39 is 151 Å². The Bertz CT molecular complexity index is 1830. The molecule has 5 nitrogen and oxygen atoms in total. The summed E-state index contributed by atoms with van der Waals surface area (Å²) in [5.74, 6) is -18.2. The average molecular weight is 855 g/mol. The van der Waals surface area contributed by atoms with Crippen LogP contribution in [0.25, 0.3) is 0 Å². The van der Waals surface area contributed by atoms with Crippen LogP contribution in [0, 0.1) is 94.9 Å². The first kappa shape index (κ1) is 47.6. The molecular weight excluding hydrogens is 825 g/mol. The Kier molecular flexibility index (Phi) is 14.6. The number of carbonyl (C=O) groups is 2. The predicted molar refractivity (Wildman–Crippen MR) is 167 cm³/mol. The van der Waals surface area contributed by atoms with Crippen LogP contribution in [-0.4, -0.2) is 34.5 Å². The predicted octanol–water partition coefficient (Wildman–Crippen LogP) is 10.6. The Morgan fingerprint density at radius 3 is 1.24 bits per heavy atom. The van der Waals surface area contributed by atoms with E-state index >= 15 is 0 Å². The molecule has 0 aromatic heterocycles. The lowest BCUT2D eigenvalue weighted by Gasteiger charge is -2.10. The molecule has 2 saturated carbocycles. The number of aliphatic hydroxyl groups is 1. The highest BCUT2D eigenvalue weighted by Crippen LogP contribution is 2.61. The van der Waals surface area contributed by atoms with Gasteiger partial charge < -0.3 is 14.9 Å². The van der Waals surface area contributed by atoms with Gasteiger partial charge in [0.1, 0.15) is 16.7 Å². The summed E-state index contributed by atoms with van der Waals surface area (Å²) in [7, 11) is 0. The Balaban J connectivity index is 0.000000314. The van der Waals surface area contributed by atoms with Gasteiger partial charge in [-0.3, -0.25) is 9.59 Å². The molecule has 2 aliphatic carbocycles. The highest BCUT2D eigenvalue weighted by Gasteiger charge is 2.63. The lowest BCUT2D eigenvalue weighted by Crippen LogP contribution is -2.14. The molecule has 0 spiro atoms. The van der Waals surface area contributed by atoms with Gasteiger partial charge in [-0.1, -0.05) is 63.0 Å². The fourth-order valence-corrected chi connectivity index (χ4v) is 5.75. The number of alkyl halides is 6. The number of allylic oxidation sites excluding steroid dienone is 4. The van der Waals surface area contributed by atoms with E-state index in [-0.39, 0.29) is 0 Å². The van der Waals surface area contributed by atoms with E-state index in [1.54, 1.807) is 13.8 Å². The summed E-state index contributed by atoms with van der Waals surface area (Å²) in [5, 5.41) is 14.5. The van der Waals surface area contributed by atoms with Crippen molar-refractivity contribution in [2.24, 2.45) is 34.5 Å². The van der Waals surface area contributed by atoms with Crippen LogP contribution in [0.1, 0.15) is 49.9 Å². The van der Waals surface area contributed by atoms with E-state index in [1.807, 2.05) is 0 Å². The number of aliphatic carboxylic acids is 1. The molecule has 0 heterocycles. The largest absolute Gasteiger partial charge is 0.481 e. The van der Waals surface area contributed by atoms with Gasteiger partial charge in [-0.2, -0.15) is 26.3 Å². The highest BCUT2D eigenvalue weighted by atomic mass is 35.5. The Labute approximate surface area is 313 Å². The van der Waals surface area contributed by atoms with Crippen molar-refractivity contribution in [1.82, 2.24) is 0 Å². The molecule has 4 rings (SSSR count). The molecule has 0 aliphatic heterocycles. The molecule has 0 amide bonds. The number of carbonyl (C=O) groups excluding carboxylic acids is 1. The molecule has 2 fully saturated rings. The molecule has 0 bridgehead atoms. The first-order valence-electron chi connectivity index (χ1n) is 15.3. The summed E-state index contributed by atoms with van der Waals surface area (Å²) in [6, 6.07) is 0. The summed E-state index contributed by atoms with van der Waals surface area (Å²) in [6.07, 6.45) is -7.92. The van der Waals surface area contributed by atoms with Gasteiger partial charge in [-0.05, 0) is 36.5 Å². The maximum absolute atomic E-state index is 13.8. The van der Waals surface area contributed by atoms with Crippen LogP contribution in [0.5, 0.6) is 0 Å². The average Bonchev–Trinajstić information content (AvgIpc) is 3.84. The van der Waals surface area contributed by atoms with Crippen molar-refractivity contribution in [2.45, 2.75) is 67.1 Å². The number of carboxylic acids is 1. The lowest BCUT2D eigenvalue weighted by atomic mass is 10.1. The molecule has 4 unspecified atom stereocenters. The maximum Gasteiger partial charge on any atom is 0.426 e. The fourth-order valence-electron chi connectivity index (χ4n) is 5.48. The van der Waals surface area contributed by atoms with Gasteiger partial charge in [0.15, 0.2) is 46.5 Å². The van der Waals surface area contributed by atoms with Crippen molar-refractivity contribution < 1.29 is 86.0 Å². The zero-order valence-corrected chi connectivity index (χ0v) is 30.6.